The number of hydrogen-bond acceptors (Lipinski definition) is 6. The SMILES string of the molecule is CCCc1[nH]nc(C(=O)N2CCCC(N(CC(=O)O)C(C)=O)CC2)c1[N+](=O)[O-]. The van der Waals surface area contributed by atoms with Crippen LogP contribution < -0.4 is 0 Å². The van der Waals surface area contributed by atoms with E-state index in [4.69, 9.17) is 5.11 Å². The largest absolute Gasteiger partial charge is 0.480 e. The highest BCUT2D eigenvalue weighted by Gasteiger charge is 2.33. The fourth-order valence-electron chi connectivity index (χ4n) is 3.53. The highest BCUT2D eigenvalue weighted by atomic mass is 16.6. The van der Waals surface area contributed by atoms with E-state index in [1.807, 2.05) is 6.92 Å². The van der Waals surface area contributed by atoms with Gasteiger partial charge in [-0.25, -0.2) is 0 Å². The van der Waals surface area contributed by atoms with Gasteiger partial charge in [-0.1, -0.05) is 13.3 Å². The van der Waals surface area contributed by atoms with Gasteiger partial charge in [-0.05, 0) is 25.7 Å². The van der Waals surface area contributed by atoms with Gasteiger partial charge in [0.05, 0.1) is 4.92 Å². The summed E-state index contributed by atoms with van der Waals surface area (Å²) < 4.78 is 0. The first kappa shape index (κ1) is 21.3. The molecule has 2 heterocycles. The molecule has 1 aliphatic heterocycles. The summed E-state index contributed by atoms with van der Waals surface area (Å²) in [6, 6.07) is -0.295. The van der Waals surface area contributed by atoms with Crippen LogP contribution in [0, 0.1) is 10.1 Å². The van der Waals surface area contributed by atoms with Crippen LogP contribution in [0.4, 0.5) is 5.69 Å². The van der Waals surface area contributed by atoms with Crippen LogP contribution in [0.1, 0.15) is 55.7 Å². The molecule has 2 rings (SSSR count). The molecule has 1 aromatic rings. The molecule has 1 atom stereocenters. The number of aromatic amines is 1. The summed E-state index contributed by atoms with van der Waals surface area (Å²) in [4.78, 5) is 49.3. The van der Waals surface area contributed by atoms with Crippen LogP contribution in [0.15, 0.2) is 0 Å². The predicted molar refractivity (Wildman–Crippen MR) is 97.8 cm³/mol. The van der Waals surface area contributed by atoms with Crippen molar-refractivity contribution in [2.24, 2.45) is 0 Å². The molecule has 28 heavy (non-hydrogen) atoms. The van der Waals surface area contributed by atoms with E-state index in [9.17, 15) is 24.5 Å². The Morgan fingerprint density at radius 3 is 2.64 bits per heavy atom. The van der Waals surface area contributed by atoms with E-state index in [1.54, 1.807) is 0 Å². The van der Waals surface area contributed by atoms with Crippen LogP contribution in [-0.4, -0.2) is 73.5 Å². The number of rotatable bonds is 7. The maximum absolute atomic E-state index is 12.8. The third-order valence-electron chi connectivity index (χ3n) is 4.83. The van der Waals surface area contributed by atoms with Crippen LogP contribution >= 0.6 is 0 Å². The summed E-state index contributed by atoms with van der Waals surface area (Å²) in [6.45, 7) is 3.43. The standard InChI is InChI=1S/C17H25N5O6/c1-3-5-13-16(22(27)28)15(19-18-13)17(26)20-8-4-6-12(7-9-20)21(11(2)23)10-14(24)25/h12H,3-10H2,1-2H3,(H,18,19)(H,24,25). The van der Waals surface area contributed by atoms with Crippen molar-refractivity contribution in [3.05, 3.63) is 21.5 Å². The molecule has 1 fully saturated rings. The van der Waals surface area contributed by atoms with Crippen molar-refractivity contribution in [1.82, 2.24) is 20.0 Å². The molecule has 0 spiro atoms. The van der Waals surface area contributed by atoms with Crippen LogP contribution in [-0.2, 0) is 16.0 Å². The first-order chi connectivity index (χ1) is 13.3. The van der Waals surface area contributed by atoms with E-state index >= 15 is 0 Å². The number of aromatic nitrogens is 2. The Labute approximate surface area is 161 Å². The minimum absolute atomic E-state index is 0.208. The Morgan fingerprint density at radius 1 is 1.36 bits per heavy atom. The summed E-state index contributed by atoms with van der Waals surface area (Å²) >= 11 is 0. The highest BCUT2D eigenvalue weighted by Crippen LogP contribution is 2.25. The molecule has 11 nitrogen and oxygen atoms in total. The van der Waals surface area contributed by atoms with E-state index < -0.39 is 16.8 Å². The maximum Gasteiger partial charge on any atom is 0.323 e. The minimum Gasteiger partial charge on any atom is -0.480 e. The molecule has 0 saturated carbocycles. The Morgan fingerprint density at radius 2 is 2.07 bits per heavy atom. The average molecular weight is 395 g/mol. The van der Waals surface area contributed by atoms with E-state index in [0.29, 0.717) is 44.3 Å². The number of H-pyrrole nitrogens is 1. The number of hydrogen-bond donors (Lipinski definition) is 2. The second-order valence-corrected chi connectivity index (χ2v) is 6.82. The molecule has 0 bridgehead atoms. The lowest BCUT2D eigenvalue weighted by atomic mass is 10.1. The van der Waals surface area contributed by atoms with Gasteiger partial charge >= 0.3 is 11.7 Å². The molecule has 11 heteroatoms. The highest BCUT2D eigenvalue weighted by molar-refractivity contribution is 5.96. The topological polar surface area (TPSA) is 150 Å². The van der Waals surface area contributed by atoms with E-state index in [2.05, 4.69) is 10.2 Å². The Kier molecular flexibility index (Phi) is 7.07. The number of nitrogens with zero attached hydrogens (tertiary/aromatic N) is 4. The summed E-state index contributed by atoms with van der Waals surface area (Å²) in [5.74, 6) is -1.96. The molecule has 154 valence electrons. The summed E-state index contributed by atoms with van der Waals surface area (Å²) in [5, 5.41) is 26.9. The molecule has 1 aromatic heterocycles. The van der Waals surface area contributed by atoms with Crippen molar-refractivity contribution in [3.63, 3.8) is 0 Å². The number of nitro groups is 1. The van der Waals surface area contributed by atoms with Gasteiger partial charge in [0, 0.05) is 26.1 Å². The second kappa shape index (κ2) is 9.29. The molecule has 1 unspecified atom stereocenters. The van der Waals surface area contributed by atoms with Crippen molar-refractivity contribution >= 4 is 23.5 Å². The number of nitrogens with one attached hydrogen (secondary N) is 1. The zero-order valence-corrected chi connectivity index (χ0v) is 16.0. The quantitative estimate of drug-likeness (QED) is 0.520. The van der Waals surface area contributed by atoms with Crippen LogP contribution in [0.2, 0.25) is 0 Å². The number of carboxylic acid groups (broad SMARTS) is 1. The Bertz CT molecular complexity index is 761. The molecule has 1 saturated heterocycles. The number of carboxylic acids is 1. The van der Waals surface area contributed by atoms with Crippen molar-refractivity contribution in [2.75, 3.05) is 19.6 Å². The lowest BCUT2D eigenvalue weighted by Crippen LogP contribution is -2.43. The number of carbonyl (C=O) groups excluding carboxylic acids is 2. The zero-order chi connectivity index (χ0) is 20.8. The van der Waals surface area contributed by atoms with Gasteiger partial charge < -0.3 is 14.9 Å². The minimum atomic E-state index is -1.09. The van der Waals surface area contributed by atoms with Gasteiger partial charge in [-0.15, -0.1) is 0 Å². The van der Waals surface area contributed by atoms with Gasteiger partial charge in [0.1, 0.15) is 12.2 Å². The summed E-state index contributed by atoms with van der Waals surface area (Å²) in [6.07, 6.45) is 2.60. The van der Waals surface area contributed by atoms with Crippen molar-refractivity contribution in [1.29, 1.82) is 0 Å². The molecule has 0 aromatic carbocycles. The maximum atomic E-state index is 12.8. The van der Waals surface area contributed by atoms with Gasteiger partial charge in [-0.3, -0.25) is 29.6 Å². The molecule has 0 radical (unpaired) electrons. The molecule has 2 amide bonds. The first-order valence-corrected chi connectivity index (χ1v) is 9.26. The van der Waals surface area contributed by atoms with E-state index in [-0.39, 0.29) is 36.4 Å². The second-order valence-electron chi connectivity index (χ2n) is 6.82. The average Bonchev–Trinajstić information content (AvgIpc) is 2.89. The number of aliphatic carboxylic acids is 1. The van der Waals surface area contributed by atoms with Crippen molar-refractivity contribution in [2.45, 2.75) is 52.0 Å². The lowest BCUT2D eigenvalue weighted by Gasteiger charge is -2.28. The number of amides is 2. The Balaban J connectivity index is 2.16. The van der Waals surface area contributed by atoms with Crippen LogP contribution in [0.25, 0.3) is 0 Å². The Hall–Kier alpha value is -2.98. The number of aryl methyl sites for hydroxylation is 1. The lowest BCUT2D eigenvalue weighted by molar-refractivity contribution is -0.385. The molecule has 1 aliphatic rings. The fraction of sp³-hybridized carbons (Fsp3) is 0.647. The van der Waals surface area contributed by atoms with E-state index in [0.717, 1.165) is 0 Å². The van der Waals surface area contributed by atoms with Gasteiger partial charge in [0.2, 0.25) is 11.6 Å². The van der Waals surface area contributed by atoms with Gasteiger partial charge in [0.25, 0.3) is 5.91 Å². The van der Waals surface area contributed by atoms with Crippen LogP contribution in [0.5, 0.6) is 0 Å². The fourth-order valence-corrected chi connectivity index (χ4v) is 3.53. The molecule has 0 aliphatic carbocycles. The zero-order valence-electron chi connectivity index (χ0n) is 16.0. The van der Waals surface area contributed by atoms with Gasteiger partial charge in [-0.2, -0.15) is 5.10 Å². The molecular formula is C17H25N5O6. The monoisotopic (exact) mass is 395 g/mol. The molecular weight excluding hydrogens is 370 g/mol. The molecule has 2 N–H and O–H groups in total. The predicted octanol–water partition coefficient (Wildman–Crippen LogP) is 1.20. The number of likely N-dealkylation sites (tertiary alicyclic amines) is 1. The van der Waals surface area contributed by atoms with Gasteiger partial charge in [0.15, 0.2) is 0 Å². The third-order valence-corrected chi connectivity index (χ3v) is 4.83. The smallest absolute Gasteiger partial charge is 0.323 e. The summed E-state index contributed by atoms with van der Waals surface area (Å²) in [7, 11) is 0. The van der Waals surface area contributed by atoms with Crippen molar-refractivity contribution in [3.8, 4) is 0 Å². The first-order valence-electron chi connectivity index (χ1n) is 9.26. The van der Waals surface area contributed by atoms with Crippen molar-refractivity contribution < 1.29 is 24.4 Å². The normalized spacial score (nSPS) is 17.1. The third kappa shape index (κ3) is 4.84. The van der Waals surface area contributed by atoms with E-state index in [1.165, 1.54) is 16.7 Å². The summed E-state index contributed by atoms with van der Waals surface area (Å²) in [5.41, 5.74) is -0.169. The van der Waals surface area contributed by atoms with Crippen LogP contribution in [0.3, 0.4) is 0 Å². The number of carbonyl (C=O) groups is 3.